The highest BCUT2D eigenvalue weighted by atomic mass is 16.5. The number of hydrazine groups is 1. The fourth-order valence-corrected chi connectivity index (χ4v) is 1.82. The number of benzene rings is 1. The van der Waals surface area contributed by atoms with Gasteiger partial charge in [-0.1, -0.05) is 26.0 Å². The Labute approximate surface area is 124 Å². The average molecular weight is 287 g/mol. The molecule has 0 amide bonds. The van der Waals surface area contributed by atoms with Crippen molar-refractivity contribution in [1.29, 1.82) is 0 Å². The lowest BCUT2D eigenvalue weighted by Gasteiger charge is -2.11. The van der Waals surface area contributed by atoms with Crippen LogP contribution in [0.5, 0.6) is 5.75 Å². The van der Waals surface area contributed by atoms with E-state index < -0.39 is 0 Å². The Hall–Kier alpha value is -2.34. The van der Waals surface area contributed by atoms with Gasteiger partial charge in [-0.05, 0) is 17.7 Å². The van der Waals surface area contributed by atoms with E-state index in [4.69, 9.17) is 10.6 Å². The highest BCUT2D eigenvalue weighted by molar-refractivity contribution is 5.47. The van der Waals surface area contributed by atoms with Crippen LogP contribution < -0.4 is 21.3 Å². The van der Waals surface area contributed by atoms with Crippen LogP contribution in [0.4, 0.5) is 11.6 Å². The molecule has 0 fully saturated rings. The molecule has 2 aromatic rings. The van der Waals surface area contributed by atoms with Crippen LogP contribution in [-0.2, 0) is 6.54 Å². The highest BCUT2D eigenvalue weighted by Gasteiger charge is 2.07. The third kappa shape index (κ3) is 4.06. The van der Waals surface area contributed by atoms with E-state index in [0.29, 0.717) is 12.4 Å². The van der Waals surface area contributed by atoms with E-state index in [9.17, 15) is 0 Å². The molecule has 0 unspecified atom stereocenters. The second kappa shape index (κ2) is 6.90. The van der Waals surface area contributed by atoms with Crippen molar-refractivity contribution in [2.24, 2.45) is 5.84 Å². The minimum atomic E-state index is 0.236. The molecule has 0 spiro atoms. The van der Waals surface area contributed by atoms with E-state index in [1.54, 1.807) is 13.2 Å². The van der Waals surface area contributed by atoms with Crippen molar-refractivity contribution in [1.82, 2.24) is 9.97 Å². The molecule has 1 aromatic heterocycles. The van der Waals surface area contributed by atoms with Crippen LogP contribution in [0, 0.1) is 0 Å². The summed E-state index contributed by atoms with van der Waals surface area (Å²) in [6, 6.07) is 9.68. The van der Waals surface area contributed by atoms with Gasteiger partial charge in [0.2, 0.25) is 0 Å². The van der Waals surface area contributed by atoms with Crippen molar-refractivity contribution in [3.05, 3.63) is 41.7 Å². The van der Waals surface area contributed by atoms with Gasteiger partial charge in [0, 0.05) is 18.5 Å². The SMILES string of the molecule is COc1ccc(CNc2cc(NN)nc(C(C)C)n2)cc1. The fraction of sp³-hybridized carbons (Fsp3) is 0.333. The Morgan fingerprint density at radius 1 is 1.14 bits per heavy atom. The summed E-state index contributed by atoms with van der Waals surface area (Å²) in [6.07, 6.45) is 0. The average Bonchev–Trinajstić information content (AvgIpc) is 2.53. The Kier molecular flexibility index (Phi) is 4.94. The fourth-order valence-electron chi connectivity index (χ4n) is 1.82. The number of hydrogen-bond donors (Lipinski definition) is 3. The van der Waals surface area contributed by atoms with Gasteiger partial charge in [0.05, 0.1) is 7.11 Å². The van der Waals surface area contributed by atoms with E-state index >= 15 is 0 Å². The highest BCUT2D eigenvalue weighted by Crippen LogP contribution is 2.17. The third-order valence-electron chi connectivity index (χ3n) is 3.04. The normalized spacial score (nSPS) is 10.5. The van der Waals surface area contributed by atoms with E-state index in [0.717, 1.165) is 23.0 Å². The molecule has 6 nitrogen and oxygen atoms in total. The summed E-state index contributed by atoms with van der Waals surface area (Å²) < 4.78 is 5.14. The van der Waals surface area contributed by atoms with Crippen molar-refractivity contribution >= 4 is 11.6 Å². The number of nitrogens with one attached hydrogen (secondary N) is 2. The number of ether oxygens (including phenoxy) is 1. The lowest BCUT2D eigenvalue weighted by Crippen LogP contribution is -2.13. The number of rotatable bonds is 6. The molecule has 6 heteroatoms. The van der Waals surface area contributed by atoms with Crippen LogP contribution in [0.25, 0.3) is 0 Å². The largest absolute Gasteiger partial charge is 0.497 e. The molecule has 0 saturated carbocycles. The van der Waals surface area contributed by atoms with E-state index in [1.807, 2.05) is 38.1 Å². The Bertz CT molecular complexity index is 583. The van der Waals surface area contributed by atoms with Crippen molar-refractivity contribution in [3.63, 3.8) is 0 Å². The summed E-state index contributed by atoms with van der Waals surface area (Å²) in [6.45, 7) is 4.76. The van der Waals surface area contributed by atoms with Crippen molar-refractivity contribution in [3.8, 4) is 5.75 Å². The first-order valence-corrected chi connectivity index (χ1v) is 6.84. The molecule has 0 bridgehead atoms. The van der Waals surface area contributed by atoms with E-state index in [1.165, 1.54) is 0 Å². The molecule has 0 aliphatic rings. The van der Waals surface area contributed by atoms with Crippen LogP contribution in [0.2, 0.25) is 0 Å². The third-order valence-corrected chi connectivity index (χ3v) is 3.04. The van der Waals surface area contributed by atoms with Crippen molar-refractivity contribution in [2.75, 3.05) is 17.9 Å². The van der Waals surface area contributed by atoms with Crippen molar-refractivity contribution in [2.45, 2.75) is 26.3 Å². The number of methoxy groups -OCH3 is 1. The molecule has 4 N–H and O–H groups in total. The molecule has 1 aromatic carbocycles. The van der Waals surface area contributed by atoms with E-state index in [2.05, 4.69) is 20.7 Å². The maximum Gasteiger partial charge on any atom is 0.145 e. The molecule has 0 saturated heterocycles. The van der Waals surface area contributed by atoms with Crippen LogP contribution in [0.1, 0.15) is 31.2 Å². The van der Waals surface area contributed by atoms with Crippen LogP contribution >= 0.6 is 0 Å². The van der Waals surface area contributed by atoms with Crippen LogP contribution in [-0.4, -0.2) is 17.1 Å². The predicted molar refractivity (Wildman–Crippen MR) is 84.3 cm³/mol. The summed E-state index contributed by atoms with van der Waals surface area (Å²) in [5.74, 6) is 8.63. The number of anilines is 2. The Balaban J connectivity index is 2.09. The number of hydrogen-bond acceptors (Lipinski definition) is 6. The summed E-state index contributed by atoms with van der Waals surface area (Å²) in [4.78, 5) is 8.81. The molecule has 0 radical (unpaired) electrons. The smallest absolute Gasteiger partial charge is 0.145 e. The molecule has 1 heterocycles. The first-order valence-electron chi connectivity index (χ1n) is 6.84. The summed E-state index contributed by atoms with van der Waals surface area (Å²) in [5.41, 5.74) is 3.71. The lowest BCUT2D eigenvalue weighted by atomic mass is 10.2. The topological polar surface area (TPSA) is 85.1 Å². The predicted octanol–water partition coefficient (Wildman–Crippen LogP) is 2.51. The molecule has 2 rings (SSSR count). The maximum absolute atomic E-state index is 5.45. The van der Waals surface area contributed by atoms with Gasteiger partial charge in [0.15, 0.2) is 0 Å². The van der Waals surface area contributed by atoms with Gasteiger partial charge in [-0.15, -0.1) is 0 Å². The Morgan fingerprint density at radius 2 is 1.81 bits per heavy atom. The molecule has 0 aliphatic heterocycles. The number of aromatic nitrogens is 2. The Morgan fingerprint density at radius 3 is 2.38 bits per heavy atom. The monoisotopic (exact) mass is 287 g/mol. The summed E-state index contributed by atoms with van der Waals surface area (Å²) in [7, 11) is 1.66. The zero-order valence-electron chi connectivity index (χ0n) is 12.6. The number of nitrogen functional groups attached to an aromatic ring is 1. The van der Waals surface area contributed by atoms with E-state index in [-0.39, 0.29) is 5.92 Å². The second-order valence-electron chi connectivity index (χ2n) is 5.00. The van der Waals surface area contributed by atoms with Gasteiger partial charge in [-0.25, -0.2) is 15.8 Å². The van der Waals surface area contributed by atoms with Gasteiger partial charge in [0.25, 0.3) is 0 Å². The summed E-state index contributed by atoms with van der Waals surface area (Å²) >= 11 is 0. The van der Waals surface area contributed by atoms with Gasteiger partial charge in [0.1, 0.15) is 23.2 Å². The van der Waals surface area contributed by atoms with Crippen LogP contribution in [0.3, 0.4) is 0 Å². The van der Waals surface area contributed by atoms with Gasteiger partial charge < -0.3 is 15.5 Å². The second-order valence-corrected chi connectivity index (χ2v) is 5.00. The van der Waals surface area contributed by atoms with Crippen molar-refractivity contribution < 1.29 is 4.74 Å². The zero-order valence-corrected chi connectivity index (χ0v) is 12.6. The van der Waals surface area contributed by atoms with Gasteiger partial charge in [-0.2, -0.15) is 0 Å². The lowest BCUT2D eigenvalue weighted by molar-refractivity contribution is 0.414. The molecular formula is C15H21N5O. The minimum Gasteiger partial charge on any atom is -0.497 e. The molecular weight excluding hydrogens is 266 g/mol. The zero-order chi connectivity index (χ0) is 15.2. The maximum atomic E-state index is 5.45. The molecule has 112 valence electrons. The standard InChI is InChI=1S/C15H21N5O/c1-10(2)15-18-13(8-14(19-15)20-16)17-9-11-4-6-12(21-3)7-5-11/h4-8,10H,9,16H2,1-3H3,(H2,17,18,19,20). The summed E-state index contributed by atoms with van der Waals surface area (Å²) in [5, 5.41) is 3.28. The number of nitrogens with two attached hydrogens (primary N) is 1. The quantitative estimate of drug-likeness (QED) is 0.559. The number of nitrogens with zero attached hydrogens (tertiary/aromatic N) is 2. The first-order chi connectivity index (χ1) is 10.1. The minimum absolute atomic E-state index is 0.236. The van der Waals surface area contributed by atoms with Crippen LogP contribution in [0.15, 0.2) is 30.3 Å². The molecule has 21 heavy (non-hydrogen) atoms. The molecule has 0 atom stereocenters. The first kappa shape index (κ1) is 15.1. The van der Waals surface area contributed by atoms with Gasteiger partial charge >= 0.3 is 0 Å². The molecule has 0 aliphatic carbocycles. The van der Waals surface area contributed by atoms with Gasteiger partial charge in [-0.3, -0.25) is 0 Å².